The van der Waals surface area contributed by atoms with E-state index >= 15 is 0 Å². The smallest absolute Gasteiger partial charge is 0.253 e. The Morgan fingerprint density at radius 3 is 2.62 bits per heavy atom. The Labute approximate surface area is 198 Å². The van der Waals surface area contributed by atoms with Crippen LogP contribution in [0, 0.1) is 0 Å². The number of ether oxygens (including phenoxy) is 1. The molecule has 0 aromatic heterocycles. The molecule has 2 N–H and O–H groups in total. The van der Waals surface area contributed by atoms with Crippen molar-refractivity contribution in [3.63, 3.8) is 0 Å². The van der Waals surface area contributed by atoms with Crippen molar-refractivity contribution in [2.75, 3.05) is 34.7 Å². The van der Waals surface area contributed by atoms with Crippen LogP contribution in [-0.2, 0) is 4.74 Å². The van der Waals surface area contributed by atoms with Crippen molar-refractivity contribution in [2.24, 2.45) is 15.8 Å². The van der Waals surface area contributed by atoms with Crippen LogP contribution in [0.25, 0.3) is 6.08 Å². The Hall–Kier alpha value is -4.14. The third-order valence-corrected chi connectivity index (χ3v) is 5.64. The lowest BCUT2D eigenvalue weighted by atomic mass is 9.98. The zero-order chi connectivity index (χ0) is 24.4. The summed E-state index contributed by atoms with van der Waals surface area (Å²) in [6, 6.07) is 14.7. The lowest BCUT2D eigenvalue weighted by molar-refractivity contribution is 0.0827. The van der Waals surface area contributed by atoms with E-state index < -0.39 is 6.23 Å². The number of halogens is 1. The third-order valence-electron chi connectivity index (χ3n) is 5.64. The zero-order valence-corrected chi connectivity index (χ0v) is 19.6. The molecule has 9 heteroatoms. The van der Waals surface area contributed by atoms with E-state index in [1.165, 1.54) is 11.0 Å². The lowest BCUT2D eigenvalue weighted by Gasteiger charge is -2.30. The molecule has 1 amide bonds. The molecule has 0 radical (unpaired) electrons. The van der Waals surface area contributed by atoms with Gasteiger partial charge in [0.25, 0.3) is 5.91 Å². The van der Waals surface area contributed by atoms with Gasteiger partial charge in [0.15, 0.2) is 0 Å². The van der Waals surface area contributed by atoms with Crippen LogP contribution in [-0.4, -0.2) is 73.3 Å². The average Bonchev–Trinajstić information content (AvgIpc) is 3.22. The van der Waals surface area contributed by atoms with Crippen molar-refractivity contribution in [1.82, 2.24) is 14.8 Å². The summed E-state index contributed by atoms with van der Waals surface area (Å²) >= 11 is 0. The van der Waals surface area contributed by atoms with Gasteiger partial charge in [0.2, 0.25) is 12.1 Å². The highest BCUT2D eigenvalue weighted by atomic mass is 19.1. The van der Waals surface area contributed by atoms with Crippen molar-refractivity contribution >= 4 is 23.6 Å². The van der Waals surface area contributed by atoms with E-state index in [1.54, 1.807) is 44.4 Å². The molecule has 1 atom stereocenters. The van der Waals surface area contributed by atoms with Gasteiger partial charge in [-0.1, -0.05) is 24.3 Å². The highest BCUT2D eigenvalue weighted by molar-refractivity contribution is 6.07. The normalized spacial score (nSPS) is 18.2. The summed E-state index contributed by atoms with van der Waals surface area (Å²) in [4.78, 5) is 20.6. The number of carbonyl (C=O) groups excluding carboxylic acids is 1. The molecule has 176 valence electrons. The Kier molecular flexibility index (Phi) is 6.36. The molecule has 0 aliphatic carbocycles. The van der Waals surface area contributed by atoms with Gasteiger partial charge in [-0.05, 0) is 35.9 Å². The second-order valence-corrected chi connectivity index (χ2v) is 8.29. The van der Waals surface area contributed by atoms with Gasteiger partial charge in [0.05, 0.1) is 18.6 Å². The zero-order valence-electron chi connectivity index (χ0n) is 19.6. The maximum atomic E-state index is 13.2. The molecule has 8 nitrogen and oxygen atoms in total. The first-order chi connectivity index (χ1) is 16.3. The van der Waals surface area contributed by atoms with Crippen LogP contribution >= 0.6 is 0 Å². The third kappa shape index (κ3) is 4.36. The molecule has 2 heterocycles. The van der Waals surface area contributed by atoms with Crippen LogP contribution in [0.5, 0.6) is 0 Å². The van der Waals surface area contributed by atoms with Gasteiger partial charge in [-0.25, -0.2) is 9.38 Å². The number of nitrogens with two attached hydrogens (primary N) is 1. The predicted molar refractivity (Wildman–Crippen MR) is 131 cm³/mol. The van der Waals surface area contributed by atoms with E-state index in [1.807, 2.05) is 42.3 Å². The minimum Gasteiger partial charge on any atom is -0.444 e. The Bertz CT molecular complexity index is 1220. The second-order valence-electron chi connectivity index (χ2n) is 8.29. The molecule has 2 aromatic rings. The molecule has 0 spiro atoms. The number of aliphatic imine (C=N–C) groups is 1. The number of benzene rings is 2. The maximum absolute atomic E-state index is 13.2. The average molecular weight is 463 g/mol. The first-order valence-electron chi connectivity index (χ1n) is 10.7. The number of rotatable bonds is 5. The molecule has 2 aliphatic heterocycles. The predicted octanol–water partition coefficient (Wildman–Crippen LogP) is 2.84. The fourth-order valence-electron chi connectivity index (χ4n) is 3.83. The van der Waals surface area contributed by atoms with Gasteiger partial charge in [0.1, 0.15) is 11.5 Å². The minimum atomic E-state index is -0.622. The fourth-order valence-corrected chi connectivity index (χ4v) is 3.83. The number of nitrogens with zero attached hydrogens (tertiary/aromatic N) is 5. The van der Waals surface area contributed by atoms with Crippen molar-refractivity contribution in [3.8, 4) is 0 Å². The van der Waals surface area contributed by atoms with Crippen LogP contribution in [0.3, 0.4) is 0 Å². The van der Waals surface area contributed by atoms with E-state index in [-0.39, 0.29) is 5.91 Å². The van der Waals surface area contributed by atoms with E-state index in [9.17, 15) is 9.18 Å². The monoisotopic (exact) mass is 462 g/mol. The van der Waals surface area contributed by atoms with Crippen molar-refractivity contribution in [1.29, 1.82) is 0 Å². The number of hydrogen-bond donors (Lipinski definition) is 1. The van der Waals surface area contributed by atoms with Gasteiger partial charge in [0, 0.05) is 44.9 Å². The van der Waals surface area contributed by atoms with Crippen LogP contribution in [0.4, 0.5) is 4.39 Å². The largest absolute Gasteiger partial charge is 0.444 e. The standard InChI is InChI=1S/C25H27FN6O2/c1-30(2)24(33)18-10-11-19(17(14-18)12-13-26)20-15-31(3)22(27)21(28-20)25-32(4)29-23(34-25)16-8-6-5-7-9-16/h5-14,25H,15,27H2,1-4H3/b13-12+. The second kappa shape index (κ2) is 9.38. The topological polar surface area (TPSA) is 86.8 Å². The first kappa shape index (κ1) is 23.0. The van der Waals surface area contributed by atoms with Crippen LogP contribution in [0.2, 0.25) is 0 Å². The summed E-state index contributed by atoms with van der Waals surface area (Å²) in [7, 11) is 6.99. The summed E-state index contributed by atoms with van der Waals surface area (Å²) in [6.07, 6.45) is 1.15. The highest BCUT2D eigenvalue weighted by Gasteiger charge is 2.34. The molecule has 2 aliphatic rings. The number of hydrazone groups is 1. The summed E-state index contributed by atoms with van der Waals surface area (Å²) in [5.41, 5.74) is 10.1. The van der Waals surface area contributed by atoms with Crippen LogP contribution < -0.4 is 5.73 Å². The van der Waals surface area contributed by atoms with Crippen molar-refractivity contribution < 1.29 is 13.9 Å². The van der Waals surface area contributed by atoms with Gasteiger partial charge in [-0.15, -0.1) is 5.10 Å². The number of carbonyl (C=O) groups is 1. The molecule has 0 saturated carbocycles. The minimum absolute atomic E-state index is 0.167. The Morgan fingerprint density at radius 2 is 1.94 bits per heavy atom. The molecule has 0 bridgehead atoms. The highest BCUT2D eigenvalue weighted by Crippen LogP contribution is 2.28. The van der Waals surface area contributed by atoms with Gasteiger partial charge < -0.3 is 20.3 Å². The maximum Gasteiger partial charge on any atom is 0.253 e. The number of amides is 1. The molecule has 4 rings (SSSR count). The van der Waals surface area contributed by atoms with E-state index in [0.717, 1.165) is 5.56 Å². The Balaban J connectivity index is 1.70. The van der Waals surface area contributed by atoms with Crippen molar-refractivity contribution in [2.45, 2.75) is 6.23 Å². The van der Waals surface area contributed by atoms with Gasteiger partial charge in [-0.2, -0.15) is 0 Å². The number of hydrogen-bond acceptors (Lipinski definition) is 7. The molecule has 0 fully saturated rings. The Morgan fingerprint density at radius 1 is 1.21 bits per heavy atom. The van der Waals surface area contributed by atoms with E-state index in [0.29, 0.717) is 52.7 Å². The van der Waals surface area contributed by atoms with E-state index in [4.69, 9.17) is 15.5 Å². The molecular weight excluding hydrogens is 435 g/mol. The molecule has 1 unspecified atom stereocenters. The summed E-state index contributed by atoms with van der Waals surface area (Å²) in [5.74, 6) is 0.775. The van der Waals surface area contributed by atoms with Crippen LogP contribution in [0.15, 0.2) is 76.5 Å². The summed E-state index contributed by atoms with van der Waals surface area (Å²) in [6.45, 7) is 0.409. The fraction of sp³-hybridized carbons (Fsp3) is 0.240. The van der Waals surface area contributed by atoms with Crippen molar-refractivity contribution in [3.05, 3.63) is 88.6 Å². The quantitative estimate of drug-likeness (QED) is 0.739. The van der Waals surface area contributed by atoms with Crippen LogP contribution in [0.1, 0.15) is 27.0 Å². The summed E-state index contributed by atoms with van der Waals surface area (Å²) in [5, 5.41) is 6.19. The molecule has 34 heavy (non-hydrogen) atoms. The summed E-state index contributed by atoms with van der Waals surface area (Å²) < 4.78 is 19.4. The number of likely N-dealkylation sites (N-methyl/N-ethyl adjacent to an activating group) is 2. The SMILES string of the molecule is CN(C)C(=O)c1ccc(C2=NC(C3OC(c4ccccc4)=NN3C)=C(N)N(C)C2)c(/C=C/F)c1. The molecular formula is C25H27FN6O2. The van der Waals surface area contributed by atoms with E-state index in [2.05, 4.69) is 5.10 Å². The first-order valence-corrected chi connectivity index (χ1v) is 10.7. The van der Waals surface area contributed by atoms with Gasteiger partial charge in [-0.3, -0.25) is 9.80 Å². The molecule has 2 aromatic carbocycles. The molecule has 0 saturated heterocycles. The lowest BCUT2D eigenvalue weighted by Crippen LogP contribution is -2.39. The van der Waals surface area contributed by atoms with Gasteiger partial charge >= 0.3 is 0 Å².